The quantitative estimate of drug-likeness (QED) is 0.682. The maximum atomic E-state index is 14.0. The predicted molar refractivity (Wildman–Crippen MR) is 67.0 cm³/mol. The Hall–Kier alpha value is -1.89. The monoisotopic (exact) mass is 306 g/mol. The van der Waals surface area contributed by atoms with Crippen LogP contribution in [0.3, 0.4) is 0 Å². The van der Waals surface area contributed by atoms with Gasteiger partial charge in [-0.15, -0.1) is 11.6 Å². The lowest BCUT2D eigenvalue weighted by atomic mass is 10.1. The van der Waals surface area contributed by atoms with Crippen molar-refractivity contribution in [1.29, 1.82) is 0 Å². The zero-order valence-corrected chi connectivity index (χ0v) is 10.6. The number of alkyl halides is 4. The third kappa shape index (κ3) is 2.18. The SMILES string of the molecule is C=Cc1c(C(F)(F)F)c(=O)[nH]c2c(F)c(CCl)cnc12. The van der Waals surface area contributed by atoms with Gasteiger partial charge in [0.15, 0.2) is 5.82 Å². The molecule has 2 aromatic heterocycles. The highest BCUT2D eigenvalue weighted by Crippen LogP contribution is 2.33. The summed E-state index contributed by atoms with van der Waals surface area (Å²) < 4.78 is 52.6. The molecule has 2 aromatic rings. The molecule has 106 valence electrons. The molecule has 20 heavy (non-hydrogen) atoms. The normalized spacial score (nSPS) is 11.8. The van der Waals surface area contributed by atoms with E-state index >= 15 is 0 Å². The van der Waals surface area contributed by atoms with E-state index in [1.165, 1.54) is 0 Å². The molecule has 0 saturated heterocycles. The number of aromatic amines is 1. The van der Waals surface area contributed by atoms with Crippen molar-refractivity contribution in [3.05, 3.63) is 45.6 Å². The van der Waals surface area contributed by atoms with E-state index in [0.717, 1.165) is 12.3 Å². The van der Waals surface area contributed by atoms with E-state index in [-0.39, 0.29) is 17.0 Å². The lowest BCUT2D eigenvalue weighted by molar-refractivity contribution is -0.138. The minimum Gasteiger partial charge on any atom is -0.318 e. The average molecular weight is 307 g/mol. The van der Waals surface area contributed by atoms with Gasteiger partial charge >= 0.3 is 6.18 Å². The number of pyridine rings is 2. The average Bonchev–Trinajstić information content (AvgIpc) is 2.37. The van der Waals surface area contributed by atoms with Gasteiger partial charge in [-0.25, -0.2) is 4.39 Å². The van der Waals surface area contributed by atoms with Gasteiger partial charge in [0, 0.05) is 17.3 Å². The molecule has 0 atom stereocenters. The summed E-state index contributed by atoms with van der Waals surface area (Å²) in [6.45, 7) is 3.23. The summed E-state index contributed by atoms with van der Waals surface area (Å²) in [6, 6.07) is 0. The van der Waals surface area contributed by atoms with E-state index in [4.69, 9.17) is 11.6 Å². The van der Waals surface area contributed by atoms with Gasteiger partial charge in [-0.3, -0.25) is 9.78 Å². The van der Waals surface area contributed by atoms with Gasteiger partial charge in [0.1, 0.15) is 11.1 Å². The van der Waals surface area contributed by atoms with Crippen molar-refractivity contribution in [2.45, 2.75) is 12.1 Å². The smallest absolute Gasteiger partial charge is 0.318 e. The molecule has 0 bridgehead atoms. The highest BCUT2D eigenvalue weighted by atomic mass is 35.5. The summed E-state index contributed by atoms with van der Waals surface area (Å²) in [5.41, 5.74) is -4.23. The molecule has 0 spiro atoms. The Morgan fingerprint density at radius 2 is 2.10 bits per heavy atom. The van der Waals surface area contributed by atoms with E-state index < -0.39 is 34.2 Å². The number of nitrogens with one attached hydrogen (secondary N) is 1. The molecule has 0 aromatic carbocycles. The van der Waals surface area contributed by atoms with Crippen LogP contribution in [0.25, 0.3) is 17.1 Å². The number of halogens is 5. The number of hydrogen-bond acceptors (Lipinski definition) is 2. The molecule has 0 saturated carbocycles. The van der Waals surface area contributed by atoms with Gasteiger partial charge < -0.3 is 4.98 Å². The Kier molecular flexibility index (Phi) is 3.56. The lowest BCUT2D eigenvalue weighted by Gasteiger charge is -2.12. The van der Waals surface area contributed by atoms with Crippen molar-refractivity contribution in [2.24, 2.45) is 0 Å². The summed E-state index contributed by atoms with van der Waals surface area (Å²) in [4.78, 5) is 17.2. The number of fused-ring (bicyclic) bond motifs is 1. The first kappa shape index (κ1) is 14.5. The second-order valence-electron chi connectivity index (χ2n) is 3.90. The topological polar surface area (TPSA) is 45.8 Å². The molecular formula is C12H7ClF4N2O. The van der Waals surface area contributed by atoms with Gasteiger partial charge in [0.2, 0.25) is 0 Å². The first-order valence-electron chi connectivity index (χ1n) is 5.30. The summed E-state index contributed by atoms with van der Waals surface area (Å²) in [5, 5.41) is 0. The summed E-state index contributed by atoms with van der Waals surface area (Å²) in [7, 11) is 0. The first-order chi connectivity index (χ1) is 9.31. The zero-order valence-electron chi connectivity index (χ0n) is 9.81. The Morgan fingerprint density at radius 1 is 1.45 bits per heavy atom. The van der Waals surface area contributed by atoms with E-state index in [2.05, 4.69) is 11.6 Å². The van der Waals surface area contributed by atoms with Gasteiger partial charge in [-0.05, 0) is 0 Å². The molecule has 0 aliphatic heterocycles. The third-order valence-corrected chi connectivity index (χ3v) is 3.00. The van der Waals surface area contributed by atoms with Crippen LogP contribution in [-0.2, 0) is 12.1 Å². The standard InChI is InChI=1S/C12H7ClF4N2O/c1-2-6-7(12(15,16)17)11(20)19-10-8(14)5(3-13)4-18-9(6)10/h2,4H,1,3H2,(H,19,20). The highest BCUT2D eigenvalue weighted by molar-refractivity contribution is 6.17. The fraction of sp³-hybridized carbons (Fsp3) is 0.167. The van der Waals surface area contributed by atoms with Crippen LogP contribution in [0.1, 0.15) is 16.7 Å². The molecular weight excluding hydrogens is 300 g/mol. The van der Waals surface area contributed by atoms with Crippen molar-refractivity contribution < 1.29 is 17.6 Å². The van der Waals surface area contributed by atoms with E-state index in [9.17, 15) is 22.4 Å². The fourth-order valence-corrected chi connectivity index (χ4v) is 2.02. The van der Waals surface area contributed by atoms with Crippen LogP contribution in [-0.4, -0.2) is 9.97 Å². The molecule has 8 heteroatoms. The number of nitrogens with zero attached hydrogens (tertiary/aromatic N) is 1. The molecule has 0 aliphatic rings. The molecule has 0 amide bonds. The van der Waals surface area contributed by atoms with Crippen LogP contribution in [0.5, 0.6) is 0 Å². The summed E-state index contributed by atoms with van der Waals surface area (Å²) in [5.74, 6) is -1.12. The molecule has 2 heterocycles. The van der Waals surface area contributed by atoms with Crippen molar-refractivity contribution in [2.75, 3.05) is 0 Å². The number of hydrogen-bond donors (Lipinski definition) is 1. The summed E-state index contributed by atoms with van der Waals surface area (Å²) in [6.07, 6.45) is -3.04. The molecule has 0 fully saturated rings. The maximum absolute atomic E-state index is 14.0. The van der Waals surface area contributed by atoms with Crippen LogP contribution in [0.2, 0.25) is 0 Å². The molecule has 2 rings (SSSR count). The third-order valence-electron chi connectivity index (χ3n) is 2.71. The van der Waals surface area contributed by atoms with Crippen LogP contribution >= 0.6 is 11.6 Å². The van der Waals surface area contributed by atoms with Gasteiger partial charge in [0.25, 0.3) is 5.56 Å². The minimum atomic E-state index is -4.89. The van der Waals surface area contributed by atoms with Gasteiger partial charge in [0.05, 0.1) is 11.4 Å². The van der Waals surface area contributed by atoms with E-state index in [1.54, 1.807) is 0 Å². The Labute approximate surface area is 114 Å². The second-order valence-corrected chi connectivity index (χ2v) is 4.17. The Balaban J connectivity index is 3.00. The molecule has 0 aliphatic carbocycles. The molecule has 3 nitrogen and oxygen atoms in total. The predicted octanol–water partition coefficient (Wildman–Crippen LogP) is 3.46. The fourth-order valence-electron chi connectivity index (χ4n) is 1.84. The molecule has 0 unspecified atom stereocenters. The number of rotatable bonds is 2. The second kappa shape index (κ2) is 4.90. The van der Waals surface area contributed by atoms with Gasteiger partial charge in [-0.1, -0.05) is 12.7 Å². The largest absolute Gasteiger partial charge is 0.422 e. The first-order valence-corrected chi connectivity index (χ1v) is 5.83. The van der Waals surface area contributed by atoms with Crippen molar-refractivity contribution in [3.8, 4) is 0 Å². The van der Waals surface area contributed by atoms with Crippen LogP contribution in [0.15, 0.2) is 17.6 Å². The van der Waals surface area contributed by atoms with Gasteiger partial charge in [-0.2, -0.15) is 13.2 Å². The van der Waals surface area contributed by atoms with E-state index in [1.807, 2.05) is 4.98 Å². The van der Waals surface area contributed by atoms with Crippen LogP contribution in [0, 0.1) is 5.82 Å². The Morgan fingerprint density at radius 3 is 2.60 bits per heavy atom. The molecule has 0 radical (unpaired) electrons. The maximum Gasteiger partial charge on any atom is 0.422 e. The lowest BCUT2D eigenvalue weighted by Crippen LogP contribution is -2.24. The molecule has 1 N–H and O–H groups in total. The minimum absolute atomic E-state index is 0.0235. The van der Waals surface area contributed by atoms with Crippen molar-refractivity contribution >= 4 is 28.7 Å². The number of aromatic nitrogens is 2. The van der Waals surface area contributed by atoms with Crippen molar-refractivity contribution in [3.63, 3.8) is 0 Å². The van der Waals surface area contributed by atoms with Crippen LogP contribution < -0.4 is 5.56 Å². The van der Waals surface area contributed by atoms with Crippen molar-refractivity contribution in [1.82, 2.24) is 9.97 Å². The Bertz CT molecular complexity index is 752. The van der Waals surface area contributed by atoms with E-state index in [0.29, 0.717) is 0 Å². The van der Waals surface area contributed by atoms with Crippen LogP contribution in [0.4, 0.5) is 17.6 Å². The zero-order chi connectivity index (χ0) is 15.1. The summed E-state index contributed by atoms with van der Waals surface area (Å²) >= 11 is 5.48. The number of H-pyrrole nitrogens is 1. The highest BCUT2D eigenvalue weighted by Gasteiger charge is 2.37.